The van der Waals surface area contributed by atoms with Gasteiger partial charge in [0.15, 0.2) is 0 Å². The summed E-state index contributed by atoms with van der Waals surface area (Å²) in [6.07, 6.45) is -8.50. The first-order valence-corrected chi connectivity index (χ1v) is 7.56. The van der Waals surface area contributed by atoms with Crippen LogP contribution in [-0.4, -0.2) is 42.8 Å². The molecule has 0 atom stereocenters. The minimum absolute atomic E-state index is 0.443. The van der Waals surface area contributed by atoms with Crippen molar-refractivity contribution in [3.8, 4) is 0 Å². The zero-order valence-electron chi connectivity index (χ0n) is 11.9. The van der Waals surface area contributed by atoms with Crippen molar-refractivity contribution in [2.24, 2.45) is 4.99 Å². The predicted molar refractivity (Wildman–Crippen MR) is 67.3 cm³/mol. The van der Waals surface area contributed by atoms with Crippen LogP contribution in [0.25, 0.3) is 0 Å². The molecule has 0 unspecified atom stereocenters. The lowest BCUT2D eigenvalue weighted by atomic mass is 10.5. The Hall–Kier alpha value is -0.660. The Bertz CT molecular complexity index is 371. The van der Waals surface area contributed by atoms with E-state index in [0.717, 1.165) is 7.05 Å². The van der Waals surface area contributed by atoms with Gasteiger partial charge in [-0.15, -0.1) is 18.2 Å². The summed E-state index contributed by atoms with van der Waals surface area (Å²) >= 11 is 0. The Morgan fingerprint density at radius 3 is 1.90 bits per heavy atom. The average Bonchev–Trinajstić information content (AvgIpc) is 2.10. The van der Waals surface area contributed by atoms with E-state index in [9.17, 15) is 22.1 Å². The summed E-state index contributed by atoms with van der Waals surface area (Å²) in [4.78, 5) is 2.34. The lowest BCUT2D eigenvalue weighted by molar-refractivity contribution is -0.121. The van der Waals surface area contributed by atoms with Crippen molar-refractivity contribution in [2.45, 2.75) is 46.2 Å². The molecule has 0 aliphatic rings. The fourth-order valence-corrected chi connectivity index (χ4v) is 3.35. The molecule has 0 aromatic rings. The monoisotopic (exact) mass is 322 g/mol. The van der Waals surface area contributed by atoms with Gasteiger partial charge in [-0.25, -0.2) is 0 Å². The second kappa shape index (κ2) is 7.38. The Balaban J connectivity index is 4.99. The van der Waals surface area contributed by atoms with Crippen molar-refractivity contribution in [3.05, 3.63) is 0 Å². The molecule has 120 valence electrons. The molecular weight excluding hydrogens is 303 g/mol. The van der Waals surface area contributed by atoms with Gasteiger partial charge in [0, 0.05) is 7.05 Å². The van der Waals surface area contributed by atoms with Crippen LogP contribution in [0.2, 0.25) is 0 Å². The van der Waals surface area contributed by atoms with E-state index in [1.165, 1.54) is 0 Å². The zero-order chi connectivity index (χ0) is 16.1. The first-order chi connectivity index (χ1) is 8.84. The number of halogens is 4. The molecule has 0 aliphatic heterocycles. The molecule has 0 amide bonds. The van der Waals surface area contributed by atoms with Crippen LogP contribution in [0, 0.1) is 0 Å². The van der Waals surface area contributed by atoms with Crippen molar-refractivity contribution in [3.63, 3.8) is 0 Å². The molecule has 0 heterocycles. The van der Waals surface area contributed by atoms with Crippen LogP contribution in [0.3, 0.4) is 0 Å². The fourth-order valence-electron chi connectivity index (χ4n) is 1.24. The zero-order valence-corrected chi connectivity index (χ0v) is 12.8. The summed E-state index contributed by atoms with van der Waals surface area (Å²) in [7, 11) is -2.79. The highest BCUT2D eigenvalue weighted by molar-refractivity contribution is 7.53. The number of aliphatic imine (C=N–C) groups is 1. The van der Waals surface area contributed by atoms with Crippen LogP contribution in [0.5, 0.6) is 0 Å². The highest BCUT2D eigenvalue weighted by Crippen LogP contribution is 2.50. The topological polar surface area (TPSA) is 51.1 Å². The van der Waals surface area contributed by atoms with Crippen LogP contribution in [0.4, 0.5) is 17.6 Å². The third kappa shape index (κ3) is 8.50. The van der Waals surface area contributed by atoms with Crippen molar-refractivity contribution >= 4 is 13.7 Å². The van der Waals surface area contributed by atoms with Crippen molar-refractivity contribution in [2.75, 3.05) is 13.3 Å². The molecule has 0 aromatic carbocycles. The normalized spacial score (nSPS) is 14.2. The summed E-state index contributed by atoms with van der Waals surface area (Å²) in [6, 6.07) is 0. The maximum Gasteiger partial charge on any atom is 0.506 e. The molecule has 0 saturated carbocycles. The summed E-state index contributed by atoms with van der Waals surface area (Å²) < 4.78 is 71.5. The lowest BCUT2D eigenvalue weighted by Gasteiger charge is -2.26. The van der Waals surface area contributed by atoms with Crippen LogP contribution in [0.1, 0.15) is 27.7 Å². The second-order valence-corrected chi connectivity index (χ2v) is 6.53. The Morgan fingerprint density at radius 1 is 1.20 bits per heavy atom. The molecule has 20 heavy (non-hydrogen) atoms. The summed E-state index contributed by atoms with van der Waals surface area (Å²) in [5.74, 6) is 0. The van der Waals surface area contributed by atoms with Gasteiger partial charge in [-0.3, -0.25) is 4.57 Å². The number of amidine groups is 1. The Labute approximate surface area is 115 Å². The van der Waals surface area contributed by atoms with Crippen molar-refractivity contribution < 1.29 is 31.2 Å². The SMILES string of the molecule is CC(C)OP(=O)(CN(C)/C(F)=N/C(F)(F)F)OC(C)C. The molecule has 0 saturated heterocycles. The van der Waals surface area contributed by atoms with Gasteiger partial charge in [-0.05, 0) is 27.7 Å². The Morgan fingerprint density at radius 2 is 1.60 bits per heavy atom. The second-order valence-electron chi connectivity index (χ2n) is 4.61. The summed E-state index contributed by atoms with van der Waals surface area (Å²) in [5.41, 5.74) is 0. The molecule has 0 spiro atoms. The molecule has 10 heteroatoms. The Kier molecular flexibility index (Phi) is 7.13. The summed E-state index contributed by atoms with van der Waals surface area (Å²) in [5, 5.41) is 0. The molecule has 0 rings (SSSR count). The number of hydrogen-bond acceptors (Lipinski definition) is 4. The van der Waals surface area contributed by atoms with E-state index in [1.54, 1.807) is 27.7 Å². The highest BCUT2D eigenvalue weighted by atomic mass is 31.2. The van der Waals surface area contributed by atoms with Gasteiger partial charge in [0.1, 0.15) is 6.29 Å². The van der Waals surface area contributed by atoms with Crippen LogP contribution < -0.4 is 0 Å². The molecule has 0 aromatic heterocycles. The molecule has 5 nitrogen and oxygen atoms in total. The highest BCUT2D eigenvalue weighted by Gasteiger charge is 2.33. The molecule has 0 fully saturated rings. The third-order valence-corrected chi connectivity index (χ3v) is 3.92. The predicted octanol–water partition coefficient (Wildman–Crippen LogP) is 3.76. The van der Waals surface area contributed by atoms with E-state index in [1.807, 2.05) is 4.99 Å². The van der Waals surface area contributed by atoms with E-state index < -0.39 is 38.5 Å². The van der Waals surface area contributed by atoms with Gasteiger partial charge in [0.25, 0.3) is 6.09 Å². The molecule has 0 bridgehead atoms. The number of rotatable bonds is 6. The molecule has 0 radical (unpaired) electrons. The smallest absolute Gasteiger partial charge is 0.324 e. The van der Waals surface area contributed by atoms with Crippen LogP contribution in [-0.2, 0) is 13.6 Å². The van der Waals surface area contributed by atoms with Crippen LogP contribution in [0.15, 0.2) is 4.99 Å². The first kappa shape index (κ1) is 19.3. The third-order valence-electron chi connectivity index (χ3n) is 1.66. The van der Waals surface area contributed by atoms with Gasteiger partial charge in [-0.1, -0.05) is 0 Å². The molecule has 0 N–H and O–H groups in total. The standard InChI is InChI=1S/C10H19F4N2O3P/c1-7(2)18-20(17,19-8(3)4)6-16(5)9(11)15-10(12,13)14/h7-8H,6H2,1-5H3/b15-9+. The minimum atomic E-state index is -5.04. The first-order valence-electron chi connectivity index (χ1n) is 5.83. The van der Waals surface area contributed by atoms with E-state index in [4.69, 9.17) is 9.05 Å². The van der Waals surface area contributed by atoms with E-state index in [-0.39, 0.29) is 0 Å². The maximum atomic E-state index is 13.2. The van der Waals surface area contributed by atoms with Gasteiger partial charge in [-0.2, -0.15) is 4.39 Å². The van der Waals surface area contributed by atoms with Gasteiger partial charge >= 0.3 is 13.9 Å². The molecule has 0 aliphatic carbocycles. The summed E-state index contributed by atoms with van der Waals surface area (Å²) in [6.45, 7) is 6.32. The van der Waals surface area contributed by atoms with Crippen LogP contribution >= 0.6 is 7.60 Å². The largest absolute Gasteiger partial charge is 0.506 e. The fraction of sp³-hybridized carbons (Fsp3) is 0.900. The minimum Gasteiger partial charge on any atom is -0.324 e. The quantitative estimate of drug-likeness (QED) is 0.246. The lowest BCUT2D eigenvalue weighted by Crippen LogP contribution is -2.28. The number of nitrogens with zero attached hydrogens (tertiary/aromatic N) is 2. The molecular formula is C10H19F4N2O3P. The van der Waals surface area contributed by atoms with Gasteiger partial charge in [0.05, 0.1) is 12.2 Å². The average molecular weight is 322 g/mol. The van der Waals surface area contributed by atoms with Crippen molar-refractivity contribution in [1.82, 2.24) is 4.90 Å². The van der Waals surface area contributed by atoms with Gasteiger partial charge < -0.3 is 13.9 Å². The van der Waals surface area contributed by atoms with Gasteiger partial charge in [0.2, 0.25) is 0 Å². The maximum absolute atomic E-state index is 13.2. The van der Waals surface area contributed by atoms with Crippen molar-refractivity contribution in [1.29, 1.82) is 0 Å². The van der Waals surface area contributed by atoms with E-state index >= 15 is 0 Å². The number of alkyl halides is 3. The van der Waals surface area contributed by atoms with E-state index in [0.29, 0.717) is 4.90 Å². The van der Waals surface area contributed by atoms with E-state index in [2.05, 4.69) is 0 Å². The number of hydrogen-bond donors (Lipinski definition) is 0.